The van der Waals surface area contributed by atoms with Crippen molar-refractivity contribution >= 4 is 23.4 Å². The molecule has 0 radical (unpaired) electrons. The number of carbonyl (C=O) groups excluding carboxylic acids is 3. The van der Waals surface area contributed by atoms with Crippen molar-refractivity contribution in [1.82, 2.24) is 15.5 Å². The SMILES string of the molecule is CC(=O)c1ccc(N2CCN(C(=O)CCCNC(=O)NC3CCCCC3)CC2)cc1. The minimum Gasteiger partial charge on any atom is -0.368 e. The van der Waals surface area contributed by atoms with E-state index in [1.807, 2.05) is 29.2 Å². The number of amides is 3. The molecule has 7 heteroatoms. The van der Waals surface area contributed by atoms with Gasteiger partial charge in [-0.2, -0.15) is 0 Å². The number of nitrogens with one attached hydrogen (secondary N) is 2. The average molecular weight is 415 g/mol. The van der Waals surface area contributed by atoms with Crippen LogP contribution in [-0.2, 0) is 4.79 Å². The van der Waals surface area contributed by atoms with Crippen molar-refractivity contribution in [1.29, 1.82) is 0 Å². The fourth-order valence-corrected chi connectivity index (χ4v) is 4.20. The van der Waals surface area contributed by atoms with Gasteiger partial charge in [0.1, 0.15) is 0 Å². The predicted octanol–water partition coefficient (Wildman–Crippen LogP) is 2.95. The maximum absolute atomic E-state index is 12.5. The van der Waals surface area contributed by atoms with Crippen molar-refractivity contribution in [3.63, 3.8) is 0 Å². The van der Waals surface area contributed by atoms with E-state index in [9.17, 15) is 14.4 Å². The van der Waals surface area contributed by atoms with Crippen LogP contribution in [0.25, 0.3) is 0 Å². The third-order valence-electron chi connectivity index (χ3n) is 6.06. The molecule has 0 atom stereocenters. The minimum atomic E-state index is -0.112. The van der Waals surface area contributed by atoms with Gasteiger partial charge in [-0.05, 0) is 50.5 Å². The number of urea groups is 1. The second kappa shape index (κ2) is 11.0. The lowest BCUT2D eigenvalue weighted by Gasteiger charge is -2.36. The summed E-state index contributed by atoms with van der Waals surface area (Å²) in [5.74, 6) is 0.217. The van der Waals surface area contributed by atoms with Crippen molar-refractivity contribution in [3.8, 4) is 0 Å². The van der Waals surface area contributed by atoms with Gasteiger partial charge in [-0.25, -0.2) is 4.79 Å². The Balaban J connectivity index is 1.31. The van der Waals surface area contributed by atoms with Crippen LogP contribution in [0.1, 0.15) is 62.2 Å². The summed E-state index contributed by atoms with van der Waals surface area (Å²) < 4.78 is 0. The Morgan fingerprint density at radius 3 is 2.27 bits per heavy atom. The van der Waals surface area contributed by atoms with Crippen LogP contribution in [-0.4, -0.2) is 61.4 Å². The molecular formula is C23H34N4O3. The molecule has 1 saturated heterocycles. The third-order valence-corrected chi connectivity index (χ3v) is 6.06. The number of Topliss-reactive ketones (excluding diaryl/α,β-unsaturated/α-hetero) is 1. The number of anilines is 1. The first-order valence-electron chi connectivity index (χ1n) is 11.2. The Labute approximate surface area is 179 Å². The zero-order valence-corrected chi connectivity index (χ0v) is 18.0. The number of nitrogens with zero attached hydrogens (tertiary/aromatic N) is 2. The Hall–Kier alpha value is -2.57. The topological polar surface area (TPSA) is 81.8 Å². The summed E-state index contributed by atoms with van der Waals surface area (Å²) >= 11 is 0. The number of piperazine rings is 1. The van der Waals surface area contributed by atoms with Crippen LogP contribution in [0, 0.1) is 0 Å². The predicted molar refractivity (Wildman–Crippen MR) is 118 cm³/mol. The van der Waals surface area contributed by atoms with Crippen LogP contribution in [0.15, 0.2) is 24.3 Å². The highest BCUT2D eigenvalue weighted by Gasteiger charge is 2.21. The first kappa shape index (κ1) is 22.1. The van der Waals surface area contributed by atoms with Gasteiger partial charge < -0.3 is 20.4 Å². The smallest absolute Gasteiger partial charge is 0.315 e. The molecule has 2 aliphatic rings. The molecule has 1 aromatic rings. The highest BCUT2D eigenvalue weighted by Crippen LogP contribution is 2.18. The highest BCUT2D eigenvalue weighted by molar-refractivity contribution is 5.94. The van der Waals surface area contributed by atoms with E-state index in [-0.39, 0.29) is 17.7 Å². The van der Waals surface area contributed by atoms with Gasteiger partial charge in [0.15, 0.2) is 5.78 Å². The zero-order valence-electron chi connectivity index (χ0n) is 18.0. The average Bonchev–Trinajstić information content (AvgIpc) is 2.77. The Kier molecular flexibility index (Phi) is 8.11. The van der Waals surface area contributed by atoms with Crippen LogP contribution < -0.4 is 15.5 Å². The van der Waals surface area contributed by atoms with Crippen LogP contribution in [0.5, 0.6) is 0 Å². The molecule has 0 aromatic heterocycles. The molecule has 30 heavy (non-hydrogen) atoms. The quantitative estimate of drug-likeness (QED) is 0.531. The lowest BCUT2D eigenvalue weighted by Crippen LogP contribution is -2.49. The van der Waals surface area contributed by atoms with Crippen molar-refractivity contribution < 1.29 is 14.4 Å². The van der Waals surface area contributed by atoms with Crippen molar-refractivity contribution in [2.24, 2.45) is 0 Å². The van der Waals surface area contributed by atoms with Gasteiger partial charge in [-0.3, -0.25) is 9.59 Å². The van der Waals surface area contributed by atoms with Crippen molar-refractivity contribution in [2.75, 3.05) is 37.6 Å². The first-order chi connectivity index (χ1) is 14.5. The van der Waals surface area contributed by atoms with Crippen LogP contribution in [0.3, 0.4) is 0 Å². The molecule has 2 fully saturated rings. The van der Waals surface area contributed by atoms with Gasteiger partial charge in [0.05, 0.1) is 0 Å². The molecule has 1 aliphatic carbocycles. The Bertz CT molecular complexity index is 720. The van der Waals surface area contributed by atoms with Crippen LogP contribution in [0.4, 0.5) is 10.5 Å². The molecule has 3 rings (SSSR count). The molecule has 1 aliphatic heterocycles. The van der Waals surface area contributed by atoms with Gasteiger partial charge in [0.25, 0.3) is 0 Å². The van der Waals surface area contributed by atoms with E-state index in [0.29, 0.717) is 44.1 Å². The number of hydrogen-bond acceptors (Lipinski definition) is 4. The first-order valence-corrected chi connectivity index (χ1v) is 11.2. The number of carbonyl (C=O) groups is 3. The minimum absolute atomic E-state index is 0.0675. The van der Waals surface area contributed by atoms with E-state index in [1.54, 1.807) is 6.92 Å². The molecule has 0 unspecified atom stereocenters. The third kappa shape index (κ3) is 6.47. The van der Waals surface area contributed by atoms with Crippen LogP contribution >= 0.6 is 0 Å². The lowest BCUT2D eigenvalue weighted by molar-refractivity contribution is -0.131. The summed E-state index contributed by atoms with van der Waals surface area (Å²) in [6, 6.07) is 7.84. The largest absolute Gasteiger partial charge is 0.368 e. The zero-order chi connectivity index (χ0) is 21.3. The summed E-state index contributed by atoms with van der Waals surface area (Å²) in [5, 5.41) is 5.91. The van der Waals surface area contributed by atoms with Crippen LogP contribution in [0.2, 0.25) is 0 Å². The molecular weight excluding hydrogens is 380 g/mol. The number of rotatable bonds is 7. The van der Waals surface area contributed by atoms with E-state index in [2.05, 4.69) is 15.5 Å². The molecule has 1 saturated carbocycles. The van der Waals surface area contributed by atoms with Gasteiger partial charge in [0, 0.05) is 56.4 Å². The number of benzene rings is 1. The van der Waals surface area contributed by atoms with Gasteiger partial charge in [0.2, 0.25) is 5.91 Å². The maximum Gasteiger partial charge on any atom is 0.315 e. The Morgan fingerprint density at radius 1 is 0.967 bits per heavy atom. The second-order valence-electron chi connectivity index (χ2n) is 8.31. The molecule has 0 spiro atoms. The molecule has 1 aromatic carbocycles. The standard InChI is InChI=1S/C23H34N4O3/c1-18(28)19-9-11-21(12-10-19)26-14-16-27(17-15-26)22(29)8-5-13-24-23(30)25-20-6-3-2-4-7-20/h9-12,20H,2-8,13-17H2,1H3,(H2,24,25,30). The summed E-state index contributed by atoms with van der Waals surface area (Å²) in [5.41, 5.74) is 1.80. The lowest BCUT2D eigenvalue weighted by atomic mass is 9.96. The fraction of sp³-hybridized carbons (Fsp3) is 0.609. The van der Waals surface area contributed by atoms with Gasteiger partial charge in [-0.15, -0.1) is 0 Å². The normalized spacial score (nSPS) is 17.5. The second-order valence-corrected chi connectivity index (χ2v) is 8.31. The summed E-state index contributed by atoms with van der Waals surface area (Å²) in [7, 11) is 0. The van der Waals surface area contributed by atoms with Crippen molar-refractivity contribution in [3.05, 3.63) is 29.8 Å². The summed E-state index contributed by atoms with van der Waals surface area (Å²) in [6.07, 6.45) is 6.90. The molecule has 7 nitrogen and oxygen atoms in total. The van der Waals surface area contributed by atoms with Gasteiger partial charge >= 0.3 is 6.03 Å². The molecule has 3 amide bonds. The van der Waals surface area contributed by atoms with E-state index in [1.165, 1.54) is 19.3 Å². The number of hydrogen-bond donors (Lipinski definition) is 2. The molecule has 0 bridgehead atoms. The van der Waals surface area contributed by atoms with E-state index < -0.39 is 0 Å². The molecule has 164 valence electrons. The fourth-order valence-electron chi connectivity index (χ4n) is 4.20. The molecule has 1 heterocycles. The monoisotopic (exact) mass is 414 g/mol. The number of ketones is 1. The van der Waals surface area contributed by atoms with Gasteiger partial charge in [-0.1, -0.05) is 19.3 Å². The highest BCUT2D eigenvalue weighted by atomic mass is 16.2. The van der Waals surface area contributed by atoms with E-state index in [4.69, 9.17) is 0 Å². The van der Waals surface area contributed by atoms with Crippen molar-refractivity contribution in [2.45, 2.75) is 57.9 Å². The summed E-state index contributed by atoms with van der Waals surface area (Å²) in [6.45, 7) is 5.05. The van der Waals surface area contributed by atoms with E-state index in [0.717, 1.165) is 31.6 Å². The molecule has 2 N–H and O–H groups in total. The Morgan fingerprint density at radius 2 is 1.63 bits per heavy atom. The maximum atomic E-state index is 12.5. The van der Waals surface area contributed by atoms with E-state index >= 15 is 0 Å². The summed E-state index contributed by atoms with van der Waals surface area (Å²) in [4.78, 5) is 40.0.